The largest absolute Gasteiger partial charge is 0.377 e. The molecule has 0 bridgehead atoms. The highest BCUT2D eigenvalue weighted by Gasteiger charge is 2.30. The molecular formula is C13H13ClN2O. The maximum absolute atomic E-state index is 12.0. The van der Waals surface area contributed by atoms with Crippen LogP contribution >= 0.6 is 11.6 Å². The van der Waals surface area contributed by atoms with Gasteiger partial charge in [-0.25, -0.2) is 0 Å². The Morgan fingerprint density at radius 1 is 1.41 bits per heavy atom. The molecule has 1 aromatic rings. The number of anilines is 1. The standard InChI is InChI=1S/C13H13ClN2O/c1-16-6-2-3-11(16)12-9-5-4-8(14)7-10(9)15-13(12)17/h4-5,7H,2-3,6H2,1H3,(H,15,17). The van der Waals surface area contributed by atoms with Crippen molar-refractivity contribution in [2.24, 2.45) is 0 Å². The third-order valence-electron chi connectivity index (χ3n) is 3.38. The van der Waals surface area contributed by atoms with Crippen molar-refractivity contribution in [2.75, 3.05) is 18.9 Å². The van der Waals surface area contributed by atoms with Crippen LogP contribution in [0.3, 0.4) is 0 Å². The summed E-state index contributed by atoms with van der Waals surface area (Å²) in [5.41, 5.74) is 3.76. The number of allylic oxidation sites excluding steroid dienone is 1. The Hall–Kier alpha value is -1.48. The van der Waals surface area contributed by atoms with Crippen molar-refractivity contribution in [1.82, 2.24) is 4.90 Å². The van der Waals surface area contributed by atoms with Gasteiger partial charge in [0.25, 0.3) is 5.91 Å². The molecule has 2 aliphatic rings. The first-order chi connectivity index (χ1) is 8.16. The zero-order valence-electron chi connectivity index (χ0n) is 9.59. The lowest BCUT2D eigenvalue weighted by Crippen LogP contribution is -2.15. The second kappa shape index (κ2) is 3.77. The Bertz CT molecular complexity index is 536. The average Bonchev–Trinajstić information content (AvgIpc) is 2.80. The fourth-order valence-electron chi connectivity index (χ4n) is 2.56. The molecule has 0 atom stereocenters. The van der Waals surface area contributed by atoms with Crippen molar-refractivity contribution in [1.29, 1.82) is 0 Å². The lowest BCUT2D eigenvalue weighted by Gasteiger charge is -2.14. The number of likely N-dealkylation sites (tertiary alicyclic amines) is 1. The number of halogens is 1. The summed E-state index contributed by atoms with van der Waals surface area (Å²) in [6.45, 7) is 1.02. The van der Waals surface area contributed by atoms with E-state index in [1.54, 1.807) is 6.07 Å². The Balaban J connectivity index is 2.17. The Labute approximate surface area is 105 Å². The van der Waals surface area contributed by atoms with Crippen LogP contribution in [0.25, 0.3) is 5.57 Å². The van der Waals surface area contributed by atoms with E-state index in [0.717, 1.165) is 41.9 Å². The fraction of sp³-hybridized carbons (Fsp3) is 0.308. The van der Waals surface area contributed by atoms with Crippen LogP contribution in [0.5, 0.6) is 0 Å². The van der Waals surface area contributed by atoms with Crippen molar-refractivity contribution >= 4 is 28.8 Å². The molecule has 1 saturated heterocycles. The number of nitrogens with one attached hydrogen (secondary N) is 1. The minimum atomic E-state index is -0.00832. The van der Waals surface area contributed by atoms with Gasteiger partial charge in [0.2, 0.25) is 0 Å². The number of hydrogen-bond acceptors (Lipinski definition) is 2. The lowest BCUT2D eigenvalue weighted by molar-refractivity contribution is -0.110. The molecule has 1 fully saturated rings. The predicted molar refractivity (Wildman–Crippen MR) is 68.9 cm³/mol. The first kappa shape index (κ1) is 10.7. The number of carbonyl (C=O) groups excluding carboxylic acids is 1. The molecule has 88 valence electrons. The van der Waals surface area contributed by atoms with Crippen LogP contribution in [-0.4, -0.2) is 24.4 Å². The summed E-state index contributed by atoms with van der Waals surface area (Å²) in [6, 6.07) is 5.55. The van der Waals surface area contributed by atoms with Crippen molar-refractivity contribution < 1.29 is 4.79 Å². The molecule has 0 aromatic heterocycles. The monoisotopic (exact) mass is 248 g/mol. The van der Waals surface area contributed by atoms with E-state index in [9.17, 15) is 4.79 Å². The summed E-state index contributed by atoms with van der Waals surface area (Å²) in [5, 5.41) is 3.53. The number of amides is 1. The second-order valence-corrected chi connectivity index (χ2v) is 4.93. The zero-order chi connectivity index (χ0) is 12.0. The molecule has 3 rings (SSSR count). The van der Waals surface area contributed by atoms with Crippen LogP contribution in [0.2, 0.25) is 5.02 Å². The molecule has 0 aliphatic carbocycles. The molecule has 2 heterocycles. The SMILES string of the molecule is CN1CCCC1=C1C(=O)Nc2cc(Cl)ccc21. The molecular weight excluding hydrogens is 236 g/mol. The van der Waals surface area contributed by atoms with Crippen molar-refractivity contribution in [2.45, 2.75) is 12.8 Å². The van der Waals surface area contributed by atoms with E-state index in [4.69, 9.17) is 11.6 Å². The Morgan fingerprint density at radius 2 is 2.24 bits per heavy atom. The van der Waals surface area contributed by atoms with Gasteiger partial charge < -0.3 is 10.2 Å². The highest BCUT2D eigenvalue weighted by Crippen LogP contribution is 2.38. The van der Waals surface area contributed by atoms with Gasteiger partial charge in [0, 0.05) is 29.9 Å². The van der Waals surface area contributed by atoms with E-state index in [1.807, 2.05) is 19.2 Å². The number of carbonyl (C=O) groups is 1. The summed E-state index contributed by atoms with van der Waals surface area (Å²) in [7, 11) is 2.04. The van der Waals surface area contributed by atoms with Crippen LogP contribution in [0, 0.1) is 0 Å². The number of nitrogens with zero attached hydrogens (tertiary/aromatic N) is 1. The smallest absolute Gasteiger partial charge is 0.258 e. The summed E-state index contributed by atoms with van der Waals surface area (Å²) in [6.07, 6.45) is 2.09. The summed E-state index contributed by atoms with van der Waals surface area (Å²) >= 11 is 5.93. The maximum Gasteiger partial charge on any atom is 0.258 e. The van der Waals surface area contributed by atoms with Gasteiger partial charge >= 0.3 is 0 Å². The minimum absolute atomic E-state index is 0.00832. The fourth-order valence-corrected chi connectivity index (χ4v) is 2.73. The van der Waals surface area contributed by atoms with Gasteiger partial charge in [0.05, 0.1) is 11.3 Å². The van der Waals surface area contributed by atoms with Gasteiger partial charge in [-0.15, -0.1) is 0 Å². The number of benzene rings is 1. The van der Waals surface area contributed by atoms with Gasteiger partial charge in [0.1, 0.15) is 0 Å². The molecule has 1 aromatic carbocycles. The molecule has 1 N–H and O–H groups in total. The zero-order valence-corrected chi connectivity index (χ0v) is 10.3. The molecule has 2 aliphatic heterocycles. The number of hydrogen-bond donors (Lipinski definition) is 1. The van der Waals surface area contributed by atoms with Crippen LogP contribution < -0.4 is 5.32 Å². The molecule has 1 amide bonds. The van der Waals surface area contributed by atoms with E-state index in [0.29, 0.717) is 5.02 Å². The van der Waals surface area contributed by atoms with Crippen molar-refractivity contribution in [3.63, 3.8) is 0 Å². The van der Waals surface area contributed by atoms with E-state index >= 15 is 0 Å². The van der Waals surface area contributed by atoms with Gasteiger partial charge in [0.15, 0.2) is 0 Å². The first-order valence-electron chi connectivity index (χ1n) is 5.72. The van der Waals surface area contributed by atoms with Crippen molar-refractivity contribution in [3.8, 4) is 0 Å². The quantitative estimate of drug-likeness (QED) is 0.716. The Morgan fingerprint density at radius 3 is 2.94 bits per heavy atom. The lowest BCUT2D eigenvalue weighted by atomic mass is 10.0. The molecule has 0 spiro atoms. The highest BCUT2D eigenvalue weighted by atomic mass is 35.5. The second-order valence-electron chi connectivity index (χ2n) is 4.49. The molecule has 0 unspecified atom stereocenters. The normalized spacial score (nSPS) is 22.9. The van der Waals surface area contributed by atoms with E-state index in [-0.39, 0.29) is 5.91 Å². The van der Waals surface area contributed by atoms with E-state index in [2.05, 4.69) is 10.2 Å². The summed E-state index contributed by atoms with van der Waals surface area (Å²) in [5.74, 6) is -0.00832. The molecule has 0 radical (unpaired) electrons. The third kappa shape index (κ3) is 1.62. The van der Waals surface area contributed by atoms with Crippen molar-refractivity contribution in [3.05, 3.63) is 34.5 Å². The number of fused-ring (bicyclic) bond motifs is 1. The van der Waals surface area contributed by atoms with Gasteiger partial charge in [-0.1, -0.05) is 17.7 Å². The van der Waals surface area contributed by atoms with Crippen LogP contribution in [-0.2, 0) is 4.79 Å². The topological polar surface area (TPSA) is 32.3 Å². The third-order valence-corrected chi connectivity index (χ3v) is 3.62. The van der Waals surface area contributed by atoms with Gasteiger partial charge in [-0.3, -0.25) is 4.79 Å². The van der Waals surface area contributed by atoms with Crippen LogP contribution in [0.4, 0.5) is 5.69 Å². The summed E-state index contributed by atoms with van der Waals surface area (Å²) < 4.78 is 0. The minimum Gasteiger partial charge on any atom is -0.377 e. The van der Waals surface area contributed by atoms with Gasteiger partial charge in [-0.2, -0.15) is 0 Å². The molecule has 0 saturated carbocycles. The first-order valence-corrected chi connectivity index (χ1v) is 6.10. The Kier molecular flexibility index (Phi) is 2.37. The van der Waals surface area contributed by atoms with Gasteiger partial charge in [-0.05, 0) is 25.0 Å². The van der Waals surface area contributed by atoms with E-state index in [1.165, 1.54) is 0 Å². The molecule has 4 heteroatoms. The highest BCUT2D eigenvalue weighted by molar-refractivity contribution is 6.34. The average molecular weight is 249 g/mol. The predicted octanol–water partition coefficient (Wildman–Crippen LogP) is 2.73. The van der Waals surface area contributed by atoms with E-state index < -0.39 is 0 Å². The number of rotatable bonds is 0. The molecule has 17 heavy (non-hydrogen) atoms. The maximum atomic E-state index is 12.0. The van der Waals surface area contributed by atoms with Crippen LogP contribution in [0.15, 0.2) is 23.9 Å². The summed E-state index contributed by atoms with van der Waals surface area (Å²) in [4.78, 5) is 14.2. The van der Waals surface area contributed by atoms with Crippen LogP contribution in [0.1, 0.15) is 18.4 Å². The molecule has 3 nitrogen and oxygen atoms in total.